The van der Waals surface area contributed by atoms with Gasteiger partial charge in [0.1, 0.15) is 5.82 Å². The summed E-state index contributed by atoms with van der Waals surface area (Å²) in [7, 11) is 0. The number of nitrogens with zero attached hydrogens (tertiary/aromatic N) is 3. The Morgan fingerprint density at radius 1 is 0.746 bits per heavy atom. The number of carbonyl (C=O) groups is 5. The first-order valence-electron chi connectivity index (χ1n) is 19.3. The topological polar surface area (TPSA) is 115 Å². The predicted octanol–water partition coefficient (Wildman–Crippen LogP) is 8.77. The number of hydrogen-bond donors (Lipinski definition) is 1. The molecular formula is C44H41Cl2F4N3O6. The number of carboxylic acids is 1. The van der Waals surface area contributed by atoms with Gasteiger partial charge in [0.2, 0.25) is 5.91 Å². The average molecular weight is 855 g/mol. The minimum Gasteiger partial charge on any atom is -0.475 e. The summed E-state index contributed by atoms with van der Waals surface area (Å²) in [6.45, 7) is 4.15. The van der Waals surface area contributed by atoms with Crippen molar-refractivity contribution in [3.63, 3.8) is 0 Å². The molecule has 1 aliphatic carbocycles. The third-order valence-corrected chi connectivity index (χ3v) is 11.8. The number of ketones is 2. The Morgan fingerprint density at radius 2 is 1.34 bits per heavy atom. The number of carboxylic acid groups (broad SMARTS) is 1. The molecule has 15 heteroatoms. The van der Waals surface area contributed by atoms with Crippen molar-refractivity contribution >= 4 is 58.2 Å². The van der Waals surface area contributed by atoms with Crippen molar-refractivity contribution < 1.29 is 46.6 Å². The van der Waals surface area contributed by atoms with Gasteiger partial charge in [0.25, 0.3) is 5.91 Å². The van der Waals surface area contributed by atoms with Crippen molar-refractivity contribution in [2.45, 2.75) is 44.7 Å². The monoisotopic (exact) mass is 853 g/mol. The number of hydrogen-bond acceptors (Lipinski definition) is 6. The summed E-state index contributed by atoms with van der Waals surface area (Å²) in [5.41, 5.74) is 3.49. The molecule has 310 valence electrons. The van der Waals surface area contributed by atoms with E-state index in [0.29, 0.717) is 76.4 Å². The summed E-state index contributed by atoms with van der Waals surface area (Å²) >= 11 is 12.6. The fourth-order valence-electron chi connectivity index (χ4n) is 7.80. The third-order valence-electron chi connectivity index (χ3n) is 11.0. The second-order valence-electron chi connectivity index (χ2n) is 14.9. The first-order chi connectivity index (χ1) is 28.1. The molecule has 0 bridgehead atoms. The maximum Gasteiger partial charge on any atom is 0.490 e. The Morgan fingerprint density at radius 3 is 1.93 bits per heavy atom. The van der Waals surface area contributed by atoms with Crippen LogP contribution in [0.2, 0.25) is 10.0 Å². The molecule has 0 spiro atoms. The summed E-state index contributed by atoms with van der Waals surface area (Å²) in [4.78, 5) is 68.9. The molecule has 1 N–H and O–H groups in total. The number of halogens is 6. The van der Waals surface area contributed by atoms with Gasteiger partial charge >= 0.3 is 12.1 Å². The van der Waals surface area contributed by atoms with Crippen LogP contribution < -0.4 is 4.90 Å². The van der Waals surface area contributed by atoms with E-state index >= 15 is 0 Å². The second-order valence-corrected chi connectivity index (χ2v) is 15.7. The van der Waals surface area contributed by atoms with E-state index in [2.05, 4.69) is 4.90 Å². The van der Waals surface area contributed by atoms with Crippen LogP contribution in [-0.4, -0.2) is 89.7 Å². The van der Waals surface area contributed by atoms with Gasteiger partial charge in [-0.3, -0.25) is 19.2 Å². The lowest BCUT2D eigenvalue weighted by molar-refractivity contribution is -0.192. The largest absolute Gasteiger partial charge is 0.490 e. The molecular weight excluding hydrogens is 813 g/mol. The molecule has 7 rings (SSSR count). The highest BCUT2D eigenvalue weighted by Crippen LogP contribution is 2.32. The lowest BCUT2D eigenvalue weighted by Crippen LogP contribution is -2.45. The number of rotatable bonds is 9. The zero-order chi connectivity index (χ0) is 42.4. The first-order valence-corrected chi connectivity index (χ1v) is 20.0. The van der Waals surface area contributed by atoms with Crippen molar-refractivity contribution in [1.29, 1.82) is 0 Å². The summed E-state index contributed by atoms with van der Waals surface area (Å²) in [5, 5.41) is 7.93. The summed E-state index contributed by atoms with van der Waals surface area (Å²) in [6.07, 6.45) is -0.174. The number of likely N-dealkylation sites (tertiary alicyclic amines) is 2. The smallest absolute Gasteiger partial charge is 0.475 e. The van der Waals surface area contributed by atoms with Crippen LogP contribution in [0.5, 0.6) is 0 Å². The fraction of sp³-hybridized carbons (Fsp3) is 0.341. The van der Waals surface area contributed by atoms with E-state index in [4.69, 9.17) is 33.1 Å². The molecule has 0 unspecified atom stereocenters. The zero-order valence-corrected chi connectivity index (χ0v) is 33.3. The third kappa shape index (κ3) is 10.6. The molecule has 2 heterocycles. The highest BCUT2D eigenvalue weighted by molar-refractivity contribution is 6.42. The van der Waals surface area contributed by atoms with E-state index in [9.17, 15) is 36.7 Å². The van der Waals surface area contributed by atoms with E-state index in [1.54, 1.807) is 53.4 Å². The number of piperidine rings is 2. The molecule has 0 radical (unpaired) electrons. The maximum absolute atomic E-state index is 14.1. The van der Waals surface area contributed by atoms with Gasteiger partial charge in [-0.15, -0.1) is 0 Å². The molecule has 0 aromatic heterocycles. The van der Waals surface area contributed by atoms with E-state index in [1.165, 1.54) is 23.8 Å². The normalized spacial score (nSPS) is 16.1. The van der Waals surface area contributed by atoms with Crippen molar-refractivity contribution in [3.8, 4) is 0 Å². The SMILES string of the molecule is O=C(O)C(F)(F)F.O=C1c2ccccc2C(=O)c2cc(C(=O)N3CCC(C(=O)N(CCCN4CCC(Cc5ccc(F)cc5)CC4)c4ccc(Cl)c(Cl)c4)CC3)ccc21. The van der Waals surface area contributed by atoms with E-state index < -0.39 is 12.1 Å². The molecule has 59 heavy (non-hydrogen) atoms. The molecule has 0 atom stereocenters. The van der Waals surface area contributed by atoms with Crippen LogP contribution in [0.1, 0.15) is 79.9 Å². The molecule has 2 fully saturated rings. The summed E-state index contributed by atoms with van der Waals surface area (Å²) < 4.78 is 45.1. The molecule has 9 nitrogen and oxygen atoms in total. The molecule has 4 aromatic carbocycles. The standard InChI is InChI=1S/C42H40Cl2FN3O4.C2HF3O2/c43-37-13-11-32(26-38(37)44)48(19-3-18-46-20-14-28(15-21-46)24-27-6-9-31(45)10-7-27)42(52)29-16-22-47(23-17-29)41(51)30-8-12-35-36(25-30)40(50)34-5-2-1-4-33(34)39(35)49;3-2(4,5)1(6)7/h1-2,4-13,25-26,28-29H,3,14-24H2;(H,6,7). The molecule has 4 aromatic rings. The van der Waals surface area contributed by atoms with Gasteiger partial charge in [-0.05, 0) is 118 Å². The van der Waals surface area contributed by atoms with Gasteiger partial charge in [0, 0.05) is 59.1 Å². The van der Waals surface area contributed by atoms with Crippen LogP contribution in [0.4, 0.5) is 23.2 Å². The quantitative estimate of drug-likeness (QED) is 0.148. The summed E-state index contributed by atoms with van der Waals surface area (Å²) in [5.74, 6) is -3.38. The number of aliphatic carboxylic acids is 1. The molecule has 2 amide bonds. The lowest BCUT2D eigenvalue weighted by Gasteiger charge is -2.35. The van der Waals surface area contributed by atoms with E-state index in [1.807, 2.05) is 23.1 Å². The molecule has 2 saturated heterocycles. The van der Waals surface area contributed by atoms with Gasteiger partial charge in [-0.1, -0.05) is 59.6 Å². The van der Waals surface area contributed by atoms with Crippen LogP contribution in [0.25, 0.3) is 0 Å². The van der Waals surface area contributed by atoms with E-state index in [-0.39, 0.29) is 40.7 Å². The highest BCUT2D eigenvalue weighted by atomic mass is 35.5. The van der Waals surface area contributed by atoms with Crippen molar-refractivity contribution in [2.24, 2.45) is 11.8 Å². The number of alkyl halides is 3. The van der Waals surface area contributed by atoms with Crippen LogP contribution in [0.15, 0.2) is 84.9 Å². The minimum atomic E-state index is -5.08. The van der Waals surface area contributed by atoms with Gasteiger partial charge < -0.3 is 19.8 Å². The number of benzene rings is 4. The zero-order valence-electron chi connectivity index (χ0n) is 31.8. The van der Waals surface area contributed by atoms with Gasteiger partial charge in [0.05, 0.1) is 10.0 Å². The number of fused-ring (bicyclic) bond motifs is 2. The fourth-order valence-corrected chi connectivity index (χ4v) is 8.10. The van der Waals surface area contributed by atoms with Gasteiger partial charge in [-0.2, -0.15) is 13.2 Å². The Labute approximate surface area is 348 Å². The van der Waals surface area contributed by atoms with Crippen molar-refractivity contribution in [3.05, 3.63) is 134 Å². The number of carbonyl (C=O) groups excluding carboxylic acids is 4. The number of anilines is 1. The average Bonchev–Trinajstić information content (AvgIpc) is 3.23. The summed E-state index contributed by atoms with van der Waals surface area (Å²) in [6, 6.07) is 23.5. The Kier molecular flexibility index (Phi) is 13.9. The van der Waals surface area contributed by atoms with Crippen LogP contribution in [-0.2, 0) is 16.0 Å². The van der Waals surface area contributed by atoms with Crippen molar-refractivity contribution in [2.75, 3.05) is 44.2 Å². The Hall–Kier alpha value is -5.11. The molecule has 2 aliphatic heterocycles. The van der Waals surface area contributed by atoms with E-state index in [0.717, 1.165) is 45.3 Å². The first kappa shape index (κ1) is 43.5. The predicted molar refractivity (Wildman–Crippen MR) is 215 cm³/mol. The maximum atomic E-state index is 14.1. The minimum absolute atomic E-state index is 0.0000456. The molecule has 0 saturated carbocycles. The second kappa shape index (κ2) is 18.9. The van der Waals surface area contributed by atoms with Crippen LogP contribution in [0, 0.1) is 17.7 Å². The van der Waals surface area contributed by atoms with Crippen LogP contribution in [0.3, 0.4) is 0 Å². The lowest BCUT2D eigenvalue weighted by atomic mass is 9.83. The highest BCUT2D eigenvalue weighted by Gasteiger charge is 2.38. The number of amides is 2. The molecule has 3 aliphatic rings. The van der Waals surface area contributed by atoms with Crippen molar-refractivity contribution in [1.82, 2.24) is 9.80 Å². The van der Waals surface area contributed by atoms with Gasteiger partial charge in [0.15, 0.2) is 11.6 Å². The Balaban J connectivity index is 0.000000768. The van der Waals surface area contributed by atoms with Crippen LogP contribution >= 0.6 is 23.2 Å². The Bertz CT molecular complexity index is 2220. The van der Waals surface area contributed by atoms with Gasteiger partial charge in [-0.25, -0.2) is 9.18 Å².